The minimum atomic E-state index is -0.143. The normalized spacial score (nSPS) is 15.5. The molecule has 1 saturated heterocycles. The molecule has 1 fully saturated rings. The van der Waals surface area contributed by atoms with E-state index < -0.39 is 0 Å². The van der Waals surface area contributed by atoms with Gasteiger partial charge in [0.25, 0.3) is 11.5 Å². The van der Waals surface area contributed by atoms with Gasteiger partial charge in [0.2, 0.25) is 5.13 Å². The van der Waals surface area contributed by atoms with Gasteiger partial charge in [0.1, 0.15) is 0 Å². The van der Waals surface area contributed by atoms with E-state index in [0.717, 1.165) is 28.2 Å². The van der Waals surface area contributed by atoms with Gasteiger partial charge in [-0.2, -0.15) is 4.99 Å². The van der Waals surface area contributed by atoms with Crippen molar-refractivity contribution in [3.8, 4) is 16.9 Å². The van der Waals surface area contributed by atoms with Crippen LogP contribution in [0.2, 0.25) is 0 Å². The van der Waals surface area contributed by atoms with E-state index in [-0.39, 0.29) is 11.5 Å². The minimum Gasteiger partial charge on any atom is -0.285 e. The standard InChI is InChI=1S/C31H25N5O2S2/c1-20-14-16-22(17-15-20)18-26-28(37)35(23-10-6-4-7-11-23)31(40-26)33-30-32-25(19-39-30)27-21(2)34(3)36(29(27)38)24-12-8-5-9-13-24/h4-19H,1-3H3/b26-18-,33-31-. The zero-order chi connectivity index (χ0) is 27.8. The fourth-order valence-electron chi connectivity index (χ4n) is 4.54. The lowest BCUT2D eigenvalue weighted by molar-refractivity contribution is -0.113. The number of aliphatic imine (C=N–C) groups is 1. The average Bonchev–Trinajstić information content (AvgIpc) is 3.60. The van der Waals surface area contributed by atoms with Gasteiger partial charge in [-0.1, -0.05) is 66.2 Å². The van der Waals surface area contributed by atoms with Crippen LogP contribution in [0.5, 0.6) is 0 Å². The van der Waals surface area contributed by atoms with Crippen molar-refractivity contribution in [3.05, 3.63) is 122 Å². The van der Waals surface area contributed by atoms with Crippen molar-refractivity contribution in [3.63, 3.8) is 0 Å². The Kier molecular flexibility index (Phi) is 6.83. The summed E-state index contributed by atoms with van der Waals surface area (Å²) >= 11 is 2.65. The SMILES string of the molecule is Cc1ccc(/C=C2\S/C(=N\c3nc(-c4c(C)n(C)n(-c5ccccc5)c4=O)cs3)N(c3ccccc3)C2=O)cc1. The van der Waals surface area contributed by atoms with Crippen LogP contribution in [0.4, 0.5) is 10.8 Å². The number of rotatable bonds is 5. The van der Waals surface area contributed by atoms with Crippen molar-refractivity contribution in [2.24, 2.45) is 12.0 Å². The lowest BCUT2D eigenvalue weighted by Gasteiger charge is -2.14. The van der Waals surface area contributed by atoms with Gasteiger partial charge in [-0.3, -0.25) is 19.2 Å². The highest BCUT2D eigenvalue weighted by Gasteiger charge is 2.35. The largest absolute Gasteiger partial charge is 0.285 e. The number of carbonyl (C=O) groups is 1. The first kappa shape index (κ1) is 25.8. The number of carbonyl (C=O) groups excluding carboxylic acids is 1. The summed E-state index contributed by atoms with van der Waals surface area (Å²) in [7, 11) is 1.86. The molecule has 0 bridgehead atoms. The lowest BCUT2D eigenvalue weighted by Crippen LogP contribution is -2.28. The molecular formula is C31H25N5O2S2. The van der Waals surface area contributed by atoms with Crippen LogP contribution in [0, 0.1) is 13.8 Å². The van der Waals surface area contributed by atoms with Gasteiger partial charge in [-0.25, -0.2) is 9.67 Å². The summed E-state index contributed by atoms with van der Waals surface area (Å²) in [4.78, 5) is 38.8. The highest BCUT2D eigenvalue weighted by Crippen LogP contribution is 2.38. The molecule has 5 aromatic rings. The summed E-state index contributed by atoms with van der Waals surface area (Å²) in [6.07, 6.45) is 1.89. The molecule has 0 aliphatic carbocycles. The Labute approximate surface area is 239 Å². The van der Waals surface area contributed by atoms with Gasteiger partial charge < -0.3 is 0 Å². The summed E-state index contributed by atoms with van der Waals surface area (Å²) < 4.78 is 3.48. The van der Waals surface area contributed by atoms with Crippen LogP contribution in [0.1, 0.15) is 16.8 Å². The Balaban J connectivity index is 1.39. The number of hydrogen-bond donors (Lipinski definition) is 0. The molecule has 0 spiro atoms. The fourth-order valence-corrected chi connectivity index (χ4v) is 6.26. The maximum Gasteiger partial charge on any atom is 0.281 e. The number of amidine groups is 1. The molecule has 1 amide bonds. The molecule has 2 aromatic heterocycles. The number of para-hydroxylation sites is 2. The topological polar surface area (TPSA) is 72.5 Å². The Bertz CT molecular complexity index is 1830. The van der Waals surface area contributed by atoms with Crippen LogP contribution >= 0.6 is 23.1 Å². The van der Waals surface area contributed by atoms with Gasteiger partial charge in [-0.05, 0) is 61.5 Å². The van der Waals surface area contributed by atoms with E-state index in [0.29, 0.717) is 26.5 Å². The average molecular weight is 564 g/mol. The van der Waals surface area contributed by atoms with Gasteiger partial charge in [0.15, 0.2) is 5.17 Å². The molecule has 198 valence electrons. The van der Waals surface area contributed by atoms with Gasteiger partial charge in [-0.15, -0.1) is 11.3 Å². The third-order valence-electron chi connectivity index (χ3n) is 6.69. The lowest BCUT2D eigenvalue weighted by atomic mass is 10.1. The van der Waals surface area contributed by atoms with Gasteiger partial charge >= 0.3 is 0 Å². The third kappa shape index (κ3) is 4.74. The van der Waals surface area contributed by atoms with E-state index in [2.05, 4.69) is 0 Å². The van der Waals surface area contributed by atoms with E-state index in [1.807, 2.05) is 122 Å². The van der Waals surface area contributed by atoms with Crippen LogP contribution in [-0.2, 0) is 11.8 Å². The molecule has 7 nitrogen and oxygen atoms in total. The zero-order valence-electron chi connectivity index (χ0n) is 22.1. The highest BCUT2D eigenvalue weighted by atomic mass is 32.2. The molecule has 0 atom stereocenters. The Hall–Kier alpha value is -4.47. The molecule has 3 heterocycles. The summed E-state index contributed by atoms with van der Waals surface area (Å²) in [5.41, 5.74) is 5.37. The van der Waals surface area contributed by atoms with E-state index in [1.165, 1.54) is 23.1 Å². The first-order chi connectivity index (χ1) is 19.4. The molecule has 0 N–H and O–H groups in total. The van der Waals surface area contributed by atoms with Crippen LogP contribution in [0.3, 0.4) is 0 Å². The maximum atomic E-state index is 13.6. The molecule has 1 aliphatic rings. The first-order valence-corrected chi connectivity index (χ1v) is 14.3. The second-order valence-electron chi connectivity index (χ2n) is 9.34. The molecule has 0 unspecified atom stereocenters. The maximum absolute atomic E-state index is 13.6. The predicted octanol–water partition coefficient (Wildman–Crippen LogP) is 6.72. The molecule has 0 radical (unpaired) electrons. The van der Waals surface area contributed by atoms with Crippen molar-refractivity contribution >= 4 is 51.1 Å². The predicted molar refractivity (Wildman–Crippen MR) is 165 cm³/mol. The molecule has 0 saturated carbocycles. The van der Waals surface area contributed by atoms with Crippen LogP contribution in [-0.4, -0.2) is 25.4 Å². The summed E-state index contributed by atoms with van der Waals surface area (Å²) in [6.45, 7) is 3.94. The molecule has 1 aliphatic heterocycles. The molecular weight excluding hydrogens is 539 g/mol. The van der Waals surface area contributed by atoms with Crippen LogP contribution in [0.25, 0.3) is 23.0 Å². The number of nitrogens with zero attached hydrogens (tertiary/aromatic N) is 5. The Morgan fingerprint density at radius 1 is 0.850 bits per heavy atom. The molecule has 3 aromatic carbocycles. The van der Waals surface area contributed by atoms with E-state index >= 15 is 0 Å². The number of benzene rings is 3. The summed E-state index contributed by atoms with van der Waals surface area (Å²) in [5.74, 6) is -0.142. The van der Waals surface area contributed by atoms with E-state index in [9.17, 15) is 9.59 Å². The Morgan fingerprint density at radius 2 is 1.50 bits per heavy atom. The number of aromatic nitrogens is 3. The highest BCUT2D eigenvalue weighted by molar-refractivity contribution is 8.19. The van der Waals surface area contributed by atoms with Gasteiger partial charge in [0.05, 0.1) is 27.5 Å². The fraction of sp³-hybridized carbons (Fsp3) is 0.0968. The second kappa shape index (κ2) is 10.6. The van der Waals surface area contributed by atoms with Crippen molar-refractivity contribution in [2.75, 3.05) is 4.90 Å². The third-order valence-corrected chi connectivity index (χ3v) is 8.39. The number of aryl methyl sites for hydroxylation is 1. The number of anilines is 1. The van der Waals surface area contributed by atoms with Crippen LogP contribution in [0.15, 0.2) is 105 Å². The minimum absolute atomic E-state index is 0.142. The number of amides is 1. The van der Waals surface area contributed by atoms with Crippen molar-refractivity contribution in [1.29, 1.82) is 0 Å². The van der Waals surface area contributed by atoms with E-state index in [4.69, 9.17) is 9.98 Å². The molecule has 40 heavy (non-hydrogen) atoms. The van der Waals surface area contributed by atoms with Gasteiger partial charge in [0, 0.05) is 18.1 Å². The monoisotopic (exact) mass is 563 g/mol. The molecule has 9 heteroatoms. The quantitative estimate of drug-likeness (QED) is 0.223. The number of thiazole rings is 1. The zero-order valence-corrected chi connectivity index (χ0v) is 23.7. The molecule has 6 rings (SSSR count). The van der Waals surface area contributed by atoms with Crippen LogP contribution < -0.4 is 10.5 Å². The van der Waals surface area contributed by atoms with Crippen molar-refractivity contribution in [2.45, 2.75) is 13.8 Å². The number of thioether (sulfide) groups is 1. The smallest absolute Gasteiger partial charge is 0.281 e. The first-order valence-electron chi connectivity index (χ1n) is 12.6. The second-order valence-corrected chi connectivity index (χ2v) is 11.2. The van der Waals surface area contributed by atoms with E-state index in [1.54, 1.807) is 9.58 Å². The van der Waals surface area contributed by atoms with Crippen molar-refractivity contribution < 1.29 is 4.79 Å². The summed E-state index contributed by atoms with van der Waals surface area (Å²) in [5, 5.41) is 2.83. The Morgan fingerprint density at radius 3 is 2.17 bits per heavy atom. The summed E-state index contributed by atoms with van der Waals surface area (Å²) in [6, 6.07) is 27.0. The number of hydrogen-bond acceptors (Lipinski definition) is 6. The van der Waals surface area contributed by atoms with Crippen molar-refractivity contribution in [1.82, 2.24) is 14.3 Å².